The van der Waals surface area contributed by atoms with Gasteiger partial charge in [0.05, 0.1) is 26.6 Å². The summed E-state index contributed by atoms with van der Waals surface area (Å²) < 4.78 is 1.45. The summed E-state index contributed by atoms with van der Waals surface area (Å²) >= 11 is 12.7. The van der Waals surface area contributed by atoms with E-state index in [1.807, 2.05) is 31.2 Å². The van der Waals surface area contributed by atoms with Gasteiger partial charge >= 0.3 is 0 Å². The zero-order valence-electron chi connectivity index (χ0n) is 18.8. The van der Waals surface area contributed by atoms with Crippen LogP contribution in [-0.2, 0) is 0 Å². The molecule has 0 spiro atoms. The maximum Gasteiger partial charge on any atom is 0.266 e. The van der Waals surface area contributed by atoms with Crippen molar-refractivity contribution in [1.82, 2.24) is 19.4 Å². The number of hydrogen-bond acceptors (Lipinski definition) is 6. The van der Waals surface area contributed by atoms with E-state index in [0.717, 1.165) is 36.4 Å². The molecule has 5 rings (SSSR count). The average Bonchev–Trinajstić information content (AvgIpc) is 3.22. The fourth-order valence-corrected chi connectivity index (χ4v) is 4.87. The number of aromatic nitrogens is 3. The molecule has 9 heteroatoms. The smallest absolute Gasteiger partial charge is 0.266 e. The lowest BCUT2D eigenvalue weighted by atomic mass is 10.2. The quantitative estimate of drug-likeness (QED) is 0.394. The Hall–Kier alpha value is -3.13. The van der Waals surface area contributed by atoms with Crippen molar-refractivity contribution in [3.63, 3.8) is 0 Å². The lowest BCUT2D eigenvalue weighted by Gasteiger charge is -2.15. The van der Waals surface area contributed by atoms with Crippen LogP contribution in [0.1, 0.15) is 12.0 Å². The lowest BCUT2D eigenvalue weighted by molar-refractivity contribution is 0.414. The molecule has 0 radical (unpaired) electrons. The molecule has 1 fully saturated rings. The third-order valence-electron chi connectivity index (χ3n) is 6.02. The second-order valence-electron chi connectivity index (χ2n) is 8.61. The molecule has 7 nitrogen and oxygen atoms in total. The van der Waals surface area contributed by atoms with Crippen molar-refractivity contribution in [3.8, 4) is 5.69 Å². The van der Waals surface area contributed by atoms with E-state index < -0.39 is 0 Å². The second kappa shape index (κ2) is 9.25. The van der Waals surface area contributed by atoms with Gasteiger partial charge in [-0.3, -0.25) is 9.36 Å². The van der Waals surface area contributed by atoms with Gasteiger partial charge in [0.1, 0.15) is 0 Å². The van der Waals surface area contributed by atoms with Crippen LogP contribution in [0.15, 0.2) is 59.7 Å². The molecular formula is C25H24Cl2N6O. The molecule has 0 saturated carbocycles. The summed E-state index contributed by atoms with van der Waals surface area (Å²) in [5.74, 6) is 0.418. The summed E-state index contributed by atoms with van der Waals surface area (Å²) in [5.41, 5.74) is 3.49. The molecule has 1 saturated heterocycles. The van der Waals surface area contributed by atoms with Crippen molar-refractivity contribution in [3.05, 3.63) is 80.8 Å². The molecule has 2 N–H and O–H groups in total. The van der Waals surface area contributed by atoms with Crippen LogP contribution in [0.5, 0.6) is 0 Å². The number of nitrogens with one attached hydrogen (secondary N) is 2. The normalized spacial score (nSPS) is 16.2. The van der Waals surface area contributed by atoms with Gasteiger partial charge in [-0.2, -0.15) is 0 Å². The molecule has 1 aliphatic rings. The van der Waals surface area contributed by atoms with Gasteiger partial charge < -0.3 is 15.5 Å². The molecule has 2 aromatic heterocycles. The number of likely N-dealkylation sites (tertiary alicyclic amines) is 1. The number of pyridine rings is 1. The SMILES string of the molecule is Cc1cn(-c2c(Cl)cccc2Cl)c(=O)c2cnc(Nc3ccc(NC4CCN(C)C4)cc3)nc12. The first kappa shape index (κ1) is 22.7. The van der Waals surface area contributed by atoms with Crippen molar-refractivity contribution in [2.75, 3.05) is 30.8 Å². The molecule has 0 aliphatic carbocycles. The zero-order valence-corrected chi connectivity index (χ0v) is 20.4. The summed E-state index contributed by atoms with van der Waals surface area (Å²) in [7, 11) is 2.14. The van der Waals surface area contributed by atoms with E-state index in [0.29, 0.717) is 38.6 Å². The van der Waals surface area contributed by atoms with Gasteiger partial charge in [-0.05, 0) is 68.9 Å². The van der Waals surface area contributed by atoms with E-state index in [1.54, 1.807) is 24.4 Å². The molecule has 0 bridgehead atoms. The minimum atomic E-state index is -0.282. The molecule has 174 valence electrons. The number of nitrogens with zero attached hydrogens (tertiary/aromatic N) is 4. The number of anilines is 3. The molecule has 0 amide bonds. The zero-order chi connectivity index (χ0) is 23.8. The number of fused-ring (bicyclic) bond motifs is 1. The van der Waals surface area contributed by atoms with E-state index in [-0.39, 0.29) is 5.56 Å². The summed E-state index contributed by atoms with van der Waals surface area (Å²) in [5, 5.41) is 7.98. The third-order valence-corrected chi connectivity index (χ3v) is 6.63. The summed E-state index contributed by atoms with van der Waals surface area (Å²) in [4.78, 5) is 24.5. The fraction of sp³-hybridized carbons (Fsp3) is 0.240. The number of para-hydroxylation sites is 1. The van der Waals surface area contributed by atoms with Crippen LogP contribution in [0, 0.1) is 6.92 Å². The highest BCUT2D eigenvalue weighted by Crippen LogP contribution is 2.28. The fourth-order valence-electron chi connectivity index (χ4n) is 4.30. The Kier molecular flexibility index (Phi) is 6.16. The molecule has 34 heavy (non-hydrogen) atoms. The van der Waals surface area contributed by atoms with E-state index in [9.17, 15) is 4.79 Å². The van der Waals surface area contributed by atoms with Crippen LogP contribution < -0.4 is 16.2 Å². The number of rotatable bonds is 5. The molecule has 1 unspecified atom stereocenters. The van der Waals surface area contributed by atoms with Crippen molar-refractivity contribution in [2.24, 2.45) is 0 Å². The predicted molar refractivity (Wildman–Crippen MR) is 139 cm³/mol. The Morgan fingerprint density at radius 2 is 1.76 bits per heavy atom. The molecule has 2 aromatic carbocycles. The standard InChI is InChI=1S/C25H24Cl2N6O/c1-15-13-33(23-20(26)4-3-5-21(23)27)24(34)19-12-28-25(31-22(15)19)30-17-8-6-16(7-9-17)29-18-10-11-32(2)14-18/h3-9,12-13,18,29H,10-11,14H2,1-2H3,(H,28,30,31). The Morgan fingerprint density at radius 3 is 2.44 bits per heavy atom. The van der Waals surface area contributed by atoms with Crippen molar-refractivity contribution < 1.29 is 0 Å². The average molecular weight is 495 g/mol. The molecule has 1 aliphatic heterocycles. The van der Waals surface area contributed by atoms with Gasteiger partial charge in [0, 0.05) is 36.4 Å². The minimum Gasteiger partial charge on any atom is -0.381 e. The number of hydrogen-bond donors (Lipinski definition) is 2. The van der Waals surface area contributed by atoms with Crippen LogP contribution in [-0.4, -0.2) is 45.6 Å². The predicted octanol–water partition coefficient (Wildman–Crippen LogP) is 5.26. The summed E-state index contributed by atoms with van der Waals surface area (Å²) in [6.45, 7) is 4.06. The van der Waals surface area contributed by atoms with E-state index in [4.69, 9.17) is 23.2 Å². The highest BCUT2D eigenvalue weighted by atomic mass is 35.5. The second-order valence-corrected chi connectivity index (χ2v) is 9.42. The van der Waals surface area contributed by atoms with E-state index in [1.165, 1.54) is 10.8 Å². The van der Waals surface area contributed by atoms with Gasteiger partial charge in [0.2, 0.25) is 5.95 Å². The highest BCUT2D eigenvalue weighted by Gasteiger charge is 2.19. The number of likely N-dealkylation sites (N-methyl/N-ethyl adjacent to an activating group) is 1. The number of benzene rings is 2. The Morgan fingerprint density at radius 1 is 1.06 bits per heavy atom. The van der Waals surface area contributed by atoms with Gasteiger partial charge in [-0.15, -0.1) is 0 Å². The van der Waals surface area contributed by atoms with Crippen LogP contribution in [0.4, 0.5) is 17.3 Å². The Bertz CT molecular complexity index is 1400. The maximum absolute atomic E-state index is 13.2. The van der Waals surface area contributed by atoms with Crippen LogP contribution in [0.3, 0.4) is 0 Å². The largest absolute Gasteiger partial charge is 0.381 e. The van der Waals surface area contributed by atoms with E-state index >= 15 is 0 Å². The third kappa shape index (κ3) is 4.46. The van der Waals surface area contributed by atoms with Crippen molar-refractivity contribution in [2.45, 2.75) is 19.4 Å². The minimum absolute atomic E-state index is 0.282. The monoisotopic (exact) mass is 494 g/mol. The number of aryl methyl sites for hydroxylation is 1. The first-order valence-electron chi connectivity index (χ1n) is 11.0. The first-order chi connectivity index (χ1) is 16.4. The maximum atomic E-state index is 13.2. The van der Waals surface area contributed by atoms with Crippen molar-refractivity contribution >= 4 is 51.4 Å². The van der Waals surface area contributed by atoms with Crippen molar-refractivity contribution in [1.29, 1.82) is 0 Å². The van der Waals surface area contributed by atoms with Gasteiger partial charge in [-0.25, -0.2) is 9.97 Å². The molecule has 3 heterocycles. The topological polar surface area (TPSA) is 75.1 Å². The summed E-state index contributed by atoms with van der Waals surface area (Å²) in [6.07, 6.45) is 4.38. The van der Waals surface area contributed by atoms with Crippen LogP contribution in [0.2, 0.25) is 10.0 Å². The van der Waals surface area contributed by atoms with Crippen LogP contribution >= 0.6 is 23.2 Å². The number of halogens is 2. The van der Waals surface area contributed by atoms with Gasteiger partial charge in [0.25, 0.3) is 5.56 Å². The van der Waals surface area contributed by atoms with Gasteiger partial charge in [0.15, 0.2) is 0 Å². The molecular weight excluding hydrogens is 471 g/mol. The van der Waals surface area contributed by atoms with Crippen LogP contribution in [0.25, 0.3) is 16.6 Å². The van der Waals surface area contributed by atoms with E-state index in [2.05, 4.69) is 32.5 Å². The Labute approximate surface area is 207 Å². The summed E-state index contributed by atoms with van der Waals surface area (Å²) in [6, 6.07) is 13.7. The Balaban J connectivity index is 1.40. The van der Waals surface area contributed by atoms with Gasteiger partial charge in [-0.1, -0.05) is 29.3 Å². The molecule has 4 aromatic rings. The molecule has 1 atom stereocenters. The highest BCUT2D eigenvalue weighted by molar-refractivity contribution is 6.37. The lowest BCUT2D eigenvalue weighted by Crippen LogP contribution is -2.23. The first-order valence-corrected chi connectivity index (χ1v) is 11.8.